The van der Waals surface area contributed by atoms with Crippen LogP contribution in [0.25, 0.3) is 0 Å². The third kappa shape index (κ3) is 2.49. The van der Waals surface area contributed by atoms with Crippen molar-refractivity contribution in [2.45, 2.75) is 32.2 Å². The molecule has 0 aliphatic carbocycles. The molecular weight excluding hydrogens is 194 g/mol. The van der Waals surface area contributed by atoms with Crippen LogP contribution in [0.4, 0.5) is 0 Å². The first-order chi connectivity index (χ1) is 6.74. The summed E-state index contributed by atoms with van der Waals surface area (Å²) in [7, 11) is 0. The molecule has 1 aliphatic heterocycles. The maximum atomic E-state index is 6.02. The molecule has 1 saturated heterocycles. The summed E-state index contributed by atoms with van der Waals surface area (Å²) in [6.07, 6.45) is 3.72. The van der Waals surface area contributed by atoms with Gasteiger partial charge in [0.1, 0.15) is 0 Å². The molecule has 1 aromatic carbocycles. The molecule has 1 N–H and O–H groups in total. The van der Waals surface area contributed by atoms with E-state index in [0.717, 1.165) is 11.4 Å². The van der Waals surface area contributed by atoms with Crippen molar-refractivity contribution < 1.29 is 0 Å². The Hall–Kier alpha value is -0.530. The lowest BCUT2D eigenvalue weighted by Crippen LogP contribution is -2.23. The van der Waals surface area contributed by atoms with Crippen LogP contribution in [-0.2, 0) is 6.42 Å². The second kappa shape index (κ2) is 4.33. The normalized spacial score (nSPS) is 21.4. The molecule has 14 heavy (non-hydrogen) atoms. The minimum Gasteiger partial charge on any atom is -0.314 e. The van der Waals surface area contributed by atoms with Crippen molar-refractivity contribution in [3.8, 4) is 0 Å². The van der Waals surface area contributed by atoms with E-state index in [4.69, 9.17) is 11.6 Å². The van der Waals surface area contributed by atoms with Crippen molar-refractivity contribution in [3.63, 3.8) is 0 Å². The fourth-order valence-electron chi connectivity index (χ4n) is 2.15. The van der Waals surface area contributed by atoms with Gasteiger partial charge in [-0.05, 0) is 56.0 Å². The number of rotatable bonds is 2. The first kappa shape index (κ1) is 10.0. The van der Waals surface area contributed by atoms with Crippen LogP contribution in [0.15, 0.2) is 18.2 Å². The number of nitrogens with one attached hydrogen (secondary N) is 1. The van der Waals surface area contributed by atoms with E-state index in [0.29, 0.717) is 6.04 Å². The molecule has 2 rings (SSSR count). The Morgan fingerprint density at radius 3 is 2.93 bits per heavy atom. The van der Waals surface area contributed by atoms with Crippen LogP contribution >= 0.6 is 11.6 Å². The average Bonchev–Trinajstić information content (AvgIpc) is 2.54. The van der Waals surface area contributed by atoms with Crippen LogP contribution in [-0.4, -0.2) is 12.6 Å². The predicted octanol–water partition coefficient (Wildman–Crippen LogP) is 2.94. The first-order valence-electron chi connectivity index (χ1n) is 5.23. The standard InChI is InChI=1S/C12H16ClN/c1-9-5-10(7-11(13)6-9)8-12-3-2-4-14-12/h5-7,12,14H,2-4,8H2,1H3. The highest BCUT2D eigenvalue weighted by molar-refractivity contribution is 6.30. The Bertz CT molecular complexity index is 296. The van der Waals surface area contributed by atoms with Gasteiger partial charge in [0.2, 0.25) is 0 Å². The predicted molar refractivity (Wildman–Crippen MR) is 60.9 cm³/mol. The van der Waals surface area contributed by atoms with Gasteiger partial charge in [0, 0.05) is 11.1 Å². The summed E-state index contributed by atoms with van der Waals surface area (Å²) in [5, 5.41) is 4.36. The number of halogens is 1. The van der Waals surface area contributed by atoms with Crippen LogP contribution in [0, 0.1) is 6.92 Å². The third-order valence-electron chi connectivity index (χ3n) is 2.75. The first-order valence-corrected chi connectivity index (χ1v) is 5.61. The molecule has 0 radical (unpaired) electrons. The monoisotopic (exact) mass is 209 g/mol. The van der Waals surface area contributed by atoms with Gasteiger partial charge in [-0.3, -0.25) is 0 Å². The van der Waals surface area contributed by atoms with Gasteiger partial charge in [-0.15, -0.1) is 0 Å². The van der Waals surface area contributed by atoms with E-state index in [9.17, 15) is 0 Å². The minimum absolute atomic E-state index is 0.660. The SMILES string of the molecule is Cc1cc(Cl)cc(CC2CCCN2)c1. The highest BCUT2D eigenvalue weighted by Gasteiger charge is 2.14. The Labute approximate surface area is 90.5 Å². The van der Waals surface area contributed by atoms with E-state index in [1.165, 1.54) is 30.5 Å². The van der Waals surface area contributed by atoms with E-state index in [1.54, 1.807) is 0 Å². The molecule has 1 aliphatic rings. The molecule has 0 spiro atoms. The maximum Gasteiger partial charge on any atom is 0.0411 e. The van der Waals surface area contributed by atoms with E-state index >= 15 is 0 Å². The van der Waals surface area contributed by atoms with Crippen LogP contribution in [0.5, 0.6) is 0 Å². The summed E-state index contributed by atoms with van der Waals surface area (Å²) in [6, 6.07) is 6.97. The molecule has 1 atom stereocenters. The number of benzene rings is 1. The van der Waals surface area contributed by atoms with Crippen molar-refractivity contribution in [1.82, 2.24) is 5.32 Å². The Kier molecular flexibility index (Phi) is 3.09. The van der Waals surface area contributed by atoms with Gasteiger partial charge in [0.05, 0.1) is 0 Å². The lowest BCUT2D eigenvalue weighted by atomic mass is 10.0. The van der Waals surface area contributed by atoms with Crippen molar-refractivity contribution in [2.75, 3.05) is 6.54 Å². The van der Waals surface area contributed by atoms with E-state index in [-0.39, 0.29) is 0 Å². The van der Waals surface area contributed by atoms with Gasteiger partial charge in [-0.25, -0.2) is 0 Å². The molecule has 76 valence electrons. The summed E-state index contributed by atoms with van der Waals surface area (Å²) in [4.78, 5) is 0. The lowest BCUT2D eigenvalue weighted by Gasteiger charge is -2.10. The molecule has 0 amide bonds. The van der Waals surface area contributed by atoms with Crippen molar-refractivity contribution in [1.29, 1.82) is 0 Å². The van der Waals surface area contributed by atoms with Crippen molar-refractivity contribution in [3.05, 3.63) is 34.3 Å². The zero-order chi connectivity index (χ0) is 9.97. The second-order valence-corrected chi connectivity index (χ2v) is 4.57. The Balaban J connectivity index is 2.07. The summed E-state index contributed by atoms with van der Waals surface area (Å²) in [5.41, 5.74) is 2.61. The summed E-state index contributed by atoms with van der Waals surface area (Å²) in [5.74, 6) is 0. The topological polar surface area (TPSA) is 12.0 Å². The number of aryl methyl sites for hydroxylation is 1. The highest BCUT2D eigenvalue weighted by atomic mass is 35.5. The minimum atomic E-state index is 0.660. The van der Waals surface area contributed by atoms with Gasteiger partial charge in [0.15, 0.2) is 0 Å². The summed E-state index contributed by atoms with van der Waals surface area (Å²) >= 11 is 6.02. The molecule has 1 aromatic rings. The van der Waals surface area contributed by atoms with Gasteiger partial charge in [-0.2, -0.15) is 0 Å². The fraction of sp³-hybridized carbons (Fsp3) is 0.500. The van der Waals surface area contributed by atoms with Crippen LogP contribution in [0.3, 0.4) is 0 Å². The molecule has 2 heteroatoms. The molecule has 1 unspecified atom stereocenters. The van der Waals surface area contributed by atoms with Gasteiger partial charge >= 0.3 is 0 Å². The zero-order valence-corrected chi connectivity index (χ0v) is 9.27. The third-order valence-corrected chi connectivity index (χ3v) is 2.96. The zero-order valence-electron chi connectivity index (χ0n) is 8.52. The van der Waals surface area contributed by atoms with Gasteiger partial charge in [0.25, 0.3) is 0 Å². The Morgan fingerprint density at radius 2 is 2.29 bits per heavy atom. The molecule has 1 nitrogen and oxygen atoms in total. The lowest BCUT2D eigenvalue weighted by molar-refractivity contribution is 0.603. The van der Waals surface area contributed by atoms with E-state index in [1.807, 2.05) is 6.07 Å². The van der Waals surface area contributed by atoms with Crippen molar-refractivity contribution >= 4 is 11.6 Å². The quantitative estimate of drug-likeness (QED) is 0.790. The Morgan fingerprint density at radius 1 is 1.43 bits per heavy atom. The molecule has 1 heterocycles. The fourth-order valence-corrected chi connectivity index (χ4v) is 2.46. The molecule has 1 fully saturated rings. The van der Waals surface area contributed by atoms with E-state index < -0.39 is 0 Å². The highest BCUT2D eigenvalue weighted by Crippen LogP contribution is 2.18. The average molecular weight is 210 g/mol. The molecular formula is C12H16ClN. The molecule has 0 saturated carbocycles. The number of hydrogen-bond acceptors (Lipinski definition) is 1. The molecule has 0 bridgehead atoms. The summed E-state index contributed by atoms with van der Waals surface area (Å²) < 4.78 is 0. The maximum absolute atomic E-state index is 6.02. The van der Waals surface area contributed by atoms with E-state index in [2.05, 4.69) is 24.4 Å². The van der Waals surface area contributed by atoms with Crippen LogP contribution in [0.1, 0.15) is 24.0 Å². The van der Waals surface area contributed by atoms with Gasteiger partial charge < -0.3 is 5.32 Å². The summed E-state index contributed by atoms with van der Waals surface area (Å²) in [6.45, 7) is 3.27. The largest absolute Gasteiger partial charge is 0.314 e. The number of hydrogen-bond donors (Lipinski definition) is 1. The van der Waals surface area contributed by atoms with Crippen LogP contribution < -0.4 is 5.32 Å². The van der Waals surface area contributed by atoms with Crippen molar-refractivity contribution in [2.24, 2.45) is 0 Å². The molecule has 0 aromatic heterocycles. The second-order valence-electron chi connectivity index (χ2n) is 4.13. The van der Waals surface area contributed by atoms with Crippen LogP contribution in [0.2, 0.25) is 5.02 Å². The van der Waals surface area contributed by atoms with Gasteiger partial charge in [-0.1, -0.05) is 17.7 Å². The smallest absolute Gasteiger partial charge is 0.0411 e.